The number of carbonyl (C=O) groups excluding carboxylic acids is 3. The van der Waals surface area contributed by atoms with Crippen LogP contribution < -0.4 is 15.4 Å². The fourth-order valence-corrected chi connectivity index (χ4v) is 3.34. The number of nitrogens with one attached hydrogen (secondary N) is 2. The summed E-state index contributed by atoms with van der Waals surface area (Å²) in [6.07, 6.45) is 2.17. The fraction of sp³-hybridized carbons (Fsp3) is 0.462. The smallest absolute Gasteiger partial charge is 0.247 e. The Balaban J connectivity index is 2.27. The second-order valence-electron chi connectivity index (χ2n) is 8.75. The maximum absolute atomic E-state index is 13.5. The van der Waals surface area contributed by atoms with E-state index in [2.05, 4.69) is 15.6 Å². The average molecular weight is 485 g/mol. The van der Waals surface area contributed by atoms with E-state index in [1.54, 1.807) is 55.8 Å². The molecule has 0 aliphatic rings. The van der Waals surface area contributed by atoms with Crippen LogP contribution in [0, 0.1) is 0 Å². The quantitative estimate of drug-likeness (QED) is 0.451. The van der Waals surface area contributed by atoms with Crippen LogP contribution in [0.15, 0.2) is 48.7 Å². The summed E-state index contributed by atoms with van der Waals surface area (Å²) in [4.78, 5) is 44.8. The molecule has 2 aromatic rings. The van der Waals surface area contributed by atoms with Gasteiger partial charge in [0.2, 0.25) is 17.7 Å². The zero-order valence-electron chi connectivity index (χ0n) is 21.2. The minimum Gasteiger partial charge on any atom is -0.497 e. The van der Waals surface area contributed by atoms with E-state index >= 15 is 0 Å². The molecule has 0 aliphatic heterocycles. The van der Waals surface area contributed by atoms with Crippen molar-refractivity contribution in [3.05, 3.63) is 54.2 Å². The van der Waals surface area contributed by atoms with Crippen molar-refractivity contribution in [2.75, 3.05) is 32.7 Å². The summed E-state index contributed by atoms with van der Waals surface area (Å²) in [5, 5.41) is 5.73. The van der Waals surface area contributed by atoms with Gasteiger partial charge in [-0.1, -0.05) is 25.1 Å². The maximum Gasteiger partial charge on any atom is 0.247 e. The number of carbonyl (C=O) groups is 3. The van der Waals surface area contributed by atoms with Gasteiger partial charge < -0.3 is 25.0 Å². The van der Waals surface area contributed by atoms with Gasteiger partial charge in [0, 0.05) is 38.2 Å². The molecule has 0 fully saturated rings. The molecule has 0 radical (unpaired) electrons. The molecule has 0 aliphatic carbocycles. The van der Waals surface area contributed by atoms with Crippen LogP contribution >= 0.6 is 0 Å². The lowest BCUT2D eigenvalue weighted by Gasteiger charge is -2.34. The second-order valence-corrected chi connectivity index (χ2v) is 8.75. The van der Waals surface area contributed by atoms with Gasteiger partial charge in [-0.15, -0.1) is 0 Å². The SMILES string of the molecule is CCC(C)(C)NC(=O)[C@@H](c1ccc(OC)cc1)N(CCOC)C(=O)CCC(=O)Nc1ccccn1. The molecule has 9 nitrogen and oxygen atoms in total. The van der Waals surface area contributed by atoms with Gasteiger partial charge in [-0.25, -0.2) is 4.98 Å². The van der Waals surface area contributed by atoms with Crippen LogP contribution in [0.3, 0.4) is 0 Å². The summed E-state index contributed by atoms with van der Waals surface area (Å²) in [6.45, 7) is 6.27. The fourth-order valence-electron chi connectivity index (χ4n) is 3.34. The predicted molar refractivity (Wildman–Crippen MR) is 134 cm³/mol. The molecular weight excluding hydrogens is 448 g/mol. The molecule has 0 unspecified atom stereocenters. The molecule has 9 heteroatoms. The van der Waals surface area contributed by atoms with Crippen LogP contribution in [-0.2, 0) is 19.1 Å². The predicted octanol–water partition coefficient (Wildman–Crippen LogP) is 3.33. The van der Waals surface area contributed by atoms with Gasteiger partial charge in [0.25, 0.3) is 0 Å². The van der Waals surface area contributed by atoms with Crippen molar-refractivity contribution in [3.63, 3.8) is 0 Å². The van der Waals surface area contributed by atoms with Crippen molar-refractivity contribution in [1.82, 2.24) is 15.2 Å². The lowest BCUT2D eigenvalue weighted by atomic mass is 9.98. The highest BCUT2D eigenvalue weighted by Gasteiger charge is 2.33. The number of hydrogen-bond acceptors (Lipinski definition) is 6. The van der Waals surface area contributed by atoms with E-state index in [0.717, 1.165) is 0 Å². The third-order valence-corrected chi connectivity index (χ3v) is 5.69. The van der Waals surface area contributed by atoms with Crippen molar-refractivity contribution in [2.45, 2.75) is 51.6 Å². The van der Waals surface area contributed by atoms with E-state index in [0.29, 0.717) is 23.6 Å². The minimum atomic E-state index is -0.895. The number of methoxy groups -OCH3 is 2. The number of anilines is 1. The molecule has 1 aromatic carbocycles. The number of benzene rings is 1. The van der Waals surface area contributed by atoms with Gasteiger partial charge in [-0.2, -0.15) is 0 Å². The molecule has 2 N–H and O–H groups in total. The standard InChI is InChI=1S/C26H36N4O5/c1-6-26(2,3)29-25(33)24(19-10-12-20(35-5)13-11-19)30(17-18-34-4)23(32)15-14-22(31)28-21-9-7-8-16-27-21/h7-13,16,24H,6,14-15,17-18H2,1-5H3,(H,29,33)(H,27,28,31)/t24-/m1/s1. The summed E-state index contributed by atoms with van der Waals surface area (Å²) in [5.74, 6) is 0.0930. The first-order valence-corrected chi connectivity index (χ1v) is 11.7. The van der Waals surface area contributed by atoms with Gasteiger partial charge in [-0.05, 0) is 50.1 Å². The monoisotopic (exact) mass is 484 g/mol. The van der Waals surface area contributed by atoms with Crippen molar-refractivity contribution < 1.29 is 23.9 Å². The Morgan fingerprint density at radius 2 is 1.77 bits per heavy atom. The zero-order valence-corrected chi connectivity index (χ0v) is 21.2. The Kier molecular flexibility index (Phi) is 10.7. The number of rotatable bonds is 13. The van der Waals surface area contributed by atoms with Gasteiger partial charge in [0.15, 0.2) is 0 Å². The van der Waals surface area contributed by atoms with Crippen molar-refractivity contribution >= 4 is 23.5 Å². The topological polar surface area (TPSA) is 110 Å². The summed E-state index contributed by atoms with van der Waals surface area (Å²) in [5.41, 5.74) is 0.179. The molecule has 2 rings (SSSR count). The first-order chi connectivity index (χ1) is 16.7. The van der Waals surface area contributed by atoms with Crippen molar-refractivity contribution in [2.24, 2.45) is 0 Å². The van der Waals surface area contributed by atoms with Crippen LogP contribution in [0.5, 0.6) is 5.75 Å². The first-order valence-electron chi connectivity index (χ1n) is 11.7. The van der Waals surface area contributed by atoms with E-state index in [-0.39, 0.29) is 43.7 Å². The van der Waals surface area contributed by atoms with E-state index in [9.17, 15) is 14.4 Å². The number of nitrogens with zero attached hydrogens (tertiary/aromatic N) is 2. The summed E-state index contributed by atoms with van der Waals surface area (Å²) >= 11 is 0. The number of pyridine rings is 1. The van der Waals surface area contributed by atoms with Crippen LogP contribution in [-0.4, -0.2) is 60.5 Å². The molecular formula is C26H36N4O5. The summed E-state index contributed by atoms with van der Waals surface area (Å²) < 4.78 is 10.5. The Morgan fingerprint density at radius 1 is 1.06 bits per heavy atom. The van der Waals surface area contributed by atoms with Crippen LogP contribution in [0.4, 0.5) is 5.82 Å². The molecule has 3 amide bonds. The molecule has 0 saturated carbocycles. The second kappa shape index (κ2) is 13.4. The molecule has 1 atom stereocenters. The minimum absolute atomic E-state index is 0.0453. The van der Waals surface area contributed by atoms with Crippen molar-refractivity contribution in [3.8, 4) is 5.75 Å². The molecule has 0 spiro atoms. The van der Waals surface area contributed by atoms with Crippen LogP contribution in [0.2, 0.25) is 0 Å². The Hall–Kier alpha value is -3.46. The third-order valence-electron chi connectivity index (χ3n) is 5.69. The molecule has 1 aromatic heterocycles. The van der Waals surface area contributed by atoms with Gasteiger partial charge >= 0.3 is 0 Å². The number of aromatic nitrogens is 1. The number of hydrogen-bond donors (Lipinski definition) is 2. The van der Waals surface area contributed by atoms with E-state index < -0.39 is 11.6 Å². The highest BCUT2D eigenvalue weighted by Crippen LogP contribution is 2.26. The van der Waals surface area contributed by atoms with Crippen LogP contribution in [0.1, 0.15) is 51.6 Å². The normalized spacial score (nSPS) is 11.9. The molecule has 1 heterocycles. The van der Waals surface area contributed by atoms with E-state index in [1.807, 2.05) is 20.8 Å². The summed E-state index contributed by atoms with van der Waals surface area (Å²) in [6, 6.07) is 11.3. The zero-order chi connectivity index (χ0) is 25.8. The Morgan fingerprint density at radius 3 is 2.34 bits per heavy atom. The molecule has 190 valence electrons. The molecule has 0 saturated heterocycles. The summed E-state index contributed by atoms with van der Waals surface area (Å²) in [7, 11) is 3.10. The lowest BCUT2D eigenvalue weighted by Crippen LogP contribution is -2.51. The number of amides is 3. The molecule has 35 heavy (non-hydrogen) atoms. The van der Waals surface area contributed by atoms with Gasteiger partial charge in [0.05, 0.1) is 13.7 Å². The largest absolute Gasteiger partial charge is 0.497 e. The van der Waals surface area contributed by atoms with Gasteiger partial charge in [0.1, 0.15) is 17.6 Å². The Labute approximate surface area is 207 Å². The Bertz CT molecular complexity index is 963. The van der Waals surface area contributed by atoms with Gasteiger partial charge in [-0.3, -0.25) is 14.4 Å². The third kappa shape index (κ3) is 8.68. The lowest BCUT2D eigenvalue weighted by molar-refractivity contribution is -0.142. The van der Waals surface area contributed by atoms with Crippen LogP contribution in [0.25, 0.3) is 0 Å². The maximum atomic E-state index is 13.5. The highest BCUT2D eigenvalue weighted by molar-refractivity contribution is 5.94. The first kappa shape index (κ1) is 27.8. The number of ether oxygens (including phenoxy) is 2. The average Bonchev–Trinajstić information content (AvgIpc) is 2.85. The van der Waals surface area contributed by atoms with Crippen molar-refractivity contribution in [1.29, 1.82) is 0 Å². The van der Waals surface area contributed by atoms with E-state index in [1.165, 1.54) is 12.0 Å². The van der Waals surface area contributed by atoms with E-state index in [4.69, 9.17) is 9.47 Å². The molecule has 0 bridgehead atoms. The highest BCUT2D eigenvalue weighted by atomic mass is 16.5.